The first-order valence-electron chi connectivity index (χ1n) is 7.77. The molecule has 1 aromatic carbocycles. The highest BCUT2D eigenvalue weighted by molar-refractivity contribution is 5.37. The van der Waals surface area contributed by atoms with Crippen LogP contribution in [0.4, 0.5) is 0 Å². The summed E-state index contributed by atoms with van der Waals surface area (Å²) in [7, 11) is 1.75. The molecule has 3 unspecified atom stereocenters. The Bertz CT molecular complexity index is 527. The minimum absolute atomic E-state index is 0.692. The maximum Gasteiger partial charge on any atom is 0.119 e. The van der Waals surface area contributed by atoms with Crippen molar-refractivity contribution in [2.75, 3.05) is 7.11 Å². The minimum atomic E-state index is 0.692. The minimum Gasteiger partial charge on any atom is -0.497 e. The van der Waals surface area contributed by atoms with Crippen molar-refractivity contribution >= 4 is 0 Å². The number of methoxy groups -OCH3 is 1. The van der Waals surface area contributed by atoms with Gasteiger partial charge in [-0.25, -0.2) is 0 Å². The average molecular weight is 268 g/mol. The molecule has 0 bridgehead atoms. The van der Waals surface area contributed by atoms with E-state index in [1.54, 1.807) is 7.11 Å². The van der Waals surface area contributed by atoms with Crippen LogP contribution in [-0.4, -0.2) is 7.11 Å². The van der Waals surface area contributed by atoms with E-state index < -0.39 is 0 Å². The van der Waals surface area contributed by atoms with Crippen molar-refractivity contribution in [3.8, 4) is 5.75 Å². The van der Waals surface area contributed by atoms with E-state index in [-0.39, 0.29) is 0 Å². The number of ether oxygens (including phenoxy) is 1. The molecule has 0 aliphatic heterocycles. The molecule has 0 saturated carbocycles. The van der Waals surface area contributed by atoms with Crippen LogP contribution < -0.4 is 4.74 Å². The predicted molar refractivity (Wildman–Crippen MR) is 84.1 cm³/mol. The van der Waals surface area contributed by atoms with E-state index in [2.05, 4.69) is 49.4 Å². The van der Waals surface area contributed by atoms with Gasteiger partial charge in [0.05, 0.1) is 7.11 Å². The zero-order valence-corrected chi connectivity index (χ0v) is 12.5. The Morgan fingerprint density at radius 3 is 2.80 bits per heavy atom. The molecule has 0 saturated heterocycles. The molecule has 0 radical (unpaired) electrons. The molecule has 1 heteroatoms. The summed E-state index contributed by atoms with van der Waals surface area (Å²) in [6, 6.07) is 6.59. The van der Waals surface area contributed by atoms with Gasteiger partial charge in [0.2, 0.25) is 0 Å². The fourth-order valence-electron chi connectivity index (χ4n) is 3.58. The molecule has 106 valence electrons. The topological polar surface area (TPSA) is 9.23 Å². The molecule has 2 aliphatic rings. The molecule has 0 fully saturated rings. The normalized spacial score (nSPS) is 28.2. The van der Waals surface area contributed by atoms with Crippen molar-refractivity contribution in [1.82, 2.24) is 0 Å². The summed E-state index contributed by atoms with van der Waals surface area (Å²) >= 11 is 0. The fourth-order valence-corrected chi connectivity index (χ4v) is 3.58. The van der Waals surface area contributed by atoms with E-state index >= 15 is 0 Å². The van der Waals surface area contributed by atoms with Gasteiger partial charge < -0.3 is 4.74 Å². The number of allylic oxidation sites excluding steroid dienone is 4. The molecule has 2 aliphatic carbocycles. The Labute approximate surface area is 122 Å². The first-order chi connectivity index (χ1) is 9.76. The van der Waals surface area contributed by atoms with Gasteiger partial charge in [-0.2, -0.15) is 0 Å². The Morgan fingerprint density at radius 1 is 1.15 bits per heavy atom. The third-order valence-electron chi connectivity index (χ3n) is 4.91. The van der Waals surface area contributed by atoms with Crippen LogP contribution in [0.3, 0.4) is 0 Å². The molecular formula is C19H24O. The molecule has 1 aromatic rings. The maximum absolute atomic E-state index is 5.33. The highest BCUT2D eigenvalue weighted by Crippen LogP contribution is 2.34. The molecule has 20 heavy (non-hydrogen) atoms. The van der Waals surface area contributed by atoms with Crippen LogP contribution in [0, 0.1) is 17.8 Å². The van der Waals surface area contributed by atoms with E-state index in [4.69, 9.17) is 4.74 Å². The van der Waals surface area contributed by atoms with Crippen LogP contribution >= 0.6 is 0 Å². The largest absolute Gasteiger partial charge is 0.497 e. The lowest BCUT2D eigenvalue weighted by Gasteiger charge is -2.30. The third-order valence-corrected chi connectivity index (χ3v) is 4.91. The monoisotopic (exact) mass is 268 g/mol. The SMILES string of the molecule is COc1ccc2c(c1)CCC(CC1C=CC=CC1C)C2. The number of hydrogen-bond donors (Lipinski definition) is 0. The van der Waals surface area contributed by atoms with Crippen molar-refractivity contribution in [1.29, 1.82) is 0 Å². The molecule has 0 amide bonds. The fraction of sp³-hybridized carbons (Fsp3) is 0.474. The van der Waals surface area contributed by atoms with E-state index in [9.17, 15) is 0 Å². The predicted octanol–water partition coefficient (Wildman–Crippen LogP) is 4.57. The van der Waals surface area contributed by atoms with Gasteiger partial charge in [0.1, 0.15) is 5.75 Å². The molecular weight excluding hydrogens is 244 g/mol. The van der Waals surface area contributed by atoms with Crippen LogP contribution in [-0.2, 0) is 12.8 Å². The molecule has 0 N–H and O–H groups in total. The van der Waals surface area contributed by atoms with Gasteiger partial charge in [0.25, 0.3) is 0 Å². The van der Waals surface area contributed by atoms with Gasteiger partial charge >= 0.3 is 0 Å². The Kier molecular flexibility index (Phi) is 3.95. The number of fused-ring (bicyclic) bond motifs is 1. The Morgan fingerprint density at radius 2 is 2.00 bits per heavy atom. The van der Waals surface area contributed by atoms with Gasteiger partial charge in [0, 0.05) is 0 Å². The molecule has 1 nitrogen and oxygen atoms in total. The molecule has 3 atom stereocenters. The molecule has 0 heterocycles. The Balaban J connectivity index is 1.66. The quantitative estimate of drug-likeness (QED) is 0.780. The highest BCUT2D eigenvalue weighted by atomic mass is 16.5. The Hall–Kier alpha value is -1.50. The van der Waals surface area contributed by atoms with Crippen LogP contribution in [0.2, 0.25) is 0 Å². The van der Waals surface area contributed by atoms with Gasteiger partial charge in [-0.15, -0.1) is 0 Å². The van der Waals surface area contributed by atoms with Crippen molar-refractivity contribution < 1.29 is 4.74 Å². The van der Waals surface area contributed by atoms with E-state index in [0.717, 1.165) is 17.6 Å². The second-order valence-corrected chi connectivity index (χ2v) is 6.27. The van der Waals surface area contributed by atoms with Crippen molar-refractivity contribution in [2.24, 2.45) is 17.8 Å². The first-order valence-corrected chi connectivity index (χ1v) is 7.77. The summed E-state index contributed by atoms with van der Waals surface area (Å²) in [5, 5.41) is 0. The van der Waals surface area contributed by atoms with E-state index in [1.165, 1.54) is 36.8 Å². The van der Waals surface area contributed by atoms with Crippen molar-refractivity contribution in [3.05, 3.63) is 53.6 Å². The van der Waals surface area contributed by atoms with Gasteiger partial charge in [-0.05, 0) is 66.7 Å². The van der Waals surface area contributed by atoms with E-state index in [0.29, 0.717) is 5.92 Å². The van der Waals surface area contributed by atoms with Crippen LogP contribution in [0.1, 0.15) is 30.9 Å². The first kappa shape index (κ1) is 13.5. The van der Waals surface area contributed by atoms with E-state index in [1.807, 2.05) is 0 Å². The summed E-state index contributed by atoms with van der Waals surface area (Å²) in [6.45, 7) is 2.34. The number of rotatable bonds is 3. The van der Waals surface area contributed by atoms with Gasteiger partial charge in [-0.3, -0.25) is 0 Å². The summed E-state index contributed by atoms with van der Waals surface area (Å²) in [5.41, 5.74) is 3.03. The van der Waals surface area contributed by atoms with Crippen LogP contribution in [0.15, 0.2) is 42.5 Å². The lowest BCUT2D eigenvalue weighted by Crippen LogP contribution is -2.20. The van der Waals surface area contributed by atoms with Crippen molar-refractivity contribution in [3.63, 3.8) is 0 Å². The molecule has 3 rings (SSSR count). The summed E-state index contributed by atoms with van der Waals surface area (Å²) in [4.78, 5) is 0. The summed E-state index contributed by atoms with van der Waals surface area (Å²) in [6.07, 6.45) is 14.2. The van der Waals surface area contributed by atoms with Gasteiger partial charge in [-0.1, -0.05) is 37.3 Å². The molecule has 0 aromatic heterocycles. The number of benzene rings is 1. The summed E-state index contributed by atoms with van der Waals surface area (Å²) in [5.74, 6) is 3.25. The number of aryl methyl sites for hydroxylation is 1. The summed E-state index contributed by atoms with van der Waals surface area (Å²) < 4.78 is 5.33. The highest BCUT2D eigenvalue weighted by Gasteiger charge is 2.24. The smallest absolute Gasteiger partial charge is 0.119 e. The van der Waals surface area contributed by atoms with Crippen molar-refractivity contribution in [2.45, 2.75) is 32.6 Å². The lowest BCUT2D eigenvalue weighted by molar-refractivity contribution is 0.337. The zero-order valence-electron chi connectivity index (χ0n) is 12.5. The maximum atomic E-state index is 5.33. The van der Waals surface area contributed by atoms with Gasteiger partial charge in [0.15, 0.2) is 0 Å². The third kappa shape index (κ3) is 2.82. The number of hydrogen-bond acceptors (Lipinski definition) is 1. The second-order valence-electron chi connectivity index (χ2n) is 6.27. The van der Waals surface area contributed by atoms with Crippen LogP contribution in [0.25, 0.3) is 0 Å². The standard InChI is InChI=1S/C19H24O/c1-14-5-3-4-6-16(14)11-15-7-8-18-13-19(20-2)10-9-17(18)12-15/h3-6,9-10,13-16H,7-8,11-12H2,1-2H3. The van der Waals surface area contributed by atoms with Crippen LogP contribution in [0.5, 0.6) is 5.75 Å². The zero-order chi connectivity index (χ0) is 13.9. The average Bonchev–Trinajstić information content (AvgIpc) is 2.49. The molecule has 0 spiro atoms. The second kappa shape index (κ2) is 5.87. The lowest BCUT2D eigenvalue weighted by atomic mass is 9.76.